The smallest absolute Gasteiger partial charge is 0.161 e. The first-order valence-electron chi connectivity index (χ1n) is 5.36. The number of benzene rings is 1. The van der Waals surface area contributed by atoms with Gasteiger partial charge >= 0.3 is 0 Å². The molecule has 3 N–H and O–H groups in total. The van der Waals surface area contributed by atoms with Crippen LogP contribution in [0.2, 0.25) is 0 Å². The number of nitrogens with one attached hydrogen (secondary N) is 1. The Morgan fingerprint density at radius 2 is 2.18 bits per heavy atom. The maximum Gasteiger partial charge on any atom is 0.161 e. The first kappa shape index (κ1) is 11.3. The molecule has 0 aliphatic heterocycles. The van der Waals surface area contributed by atoms with Crippen LogP contribution in [0.3, 0.4) is 0 Å². The van der Waals surface area contributed by atoms with Crippen molar-refractivity contribution in [3.8, 4) is 22.8 Å². The van der Waals surface area contributed by atoms with Crippen LogP contribution in [0.5, 0.6) is 11.5 Å². The Kier molecular flexibility index (Phi) is 3.18. The number of anilines is 1. The third-order valence-electron chi connectivity index (χ3n) is 2.42. The molecule has 0 saturated carbocycles. The number of rotatable bonds is 4. The monoisotopic (exact) mass is 233 g/mol. The van der Waals surface area contributed by atoms with E-state index in [-0.39, 0.29) is 0 Å². The molecule has 17 heavy (non-hydrogen) atoms. The number of hydrogen-bond donors (Lipinski definition) is 2. The van der Waals surface area contributed by atoms with Crippen molar-refractivity contribution in [2.45, 2.75) is 6.92 Å². The van der Waals surface area contributed by atoms with Crippen molar-refractivity contribution in [2.75, 3.05) is 19.5 Å². The summed E-state index contributed by atoms with van der Waals surface area (Å²) >= 11 is 0. The van der Waals surface area contributed by atoms with E-state index in [1.54, 1.807) is 13.3 Å². The molecule has 5 nitrogen and oxygen atoms in total. The molecule has 0 atom stereocenters. The Bertz CT molecular complexity index is 508. The number of nitrogen functional groups attached to an aromatic ring is 1. The van der Waals surface area contributed by atoms with Crippen LogP contribution in [-0.2, 0) is 0 Å². The van der Waals surface area contributed by atoms with Gasteiger partial charge in [0.2, 0.25) is 0 Å². The minimum Gasteiger partial charge on any atom is -0.493 e. The fraction of sp³-hybridized carbons (Fsp3) is 0.250. The Morgan fingerprint density at radius 3 is 2.76 bits per heavy atom. The highest BCUT2D eigenvalue weighted by Gasteiger charge is 2.09. The summed E-state index contributed by atoms with van der Waals surface area (Å²) in [6.45, 7) is 2.53. The summed E-state index contributed by atoms with van der Waals surface area (Å²) in [5, 5.41) is 6.74. The molecule has 0 unspecified atom stereocenters. The predicted octanol–water partition coefficient (Wildman–Crippen LogP) is 2.07. The number of H-pyrrole nitrogens is 1. The normalized spacial score (nSPS) is 10.2. The van der Waals surface area contributed by atoms with Gasteiger partial charge in [-0.15, -0.1) is 0 Å². The molecule has 0 saturated heterocycles. The molecule has 0 fully saturated rings. The Labute approximate surface area is 99.5 Å². The summed E-state index contributed by atoms with van der Waals surface area (Å²) in [5.41, 5.74) is 8.10. The van der Waals surface area contributed by atoms with Crippen LogP contribution < -0.4 is 15.2 Å². The van der Waals surface area contributed by atoms with Crippen LogP contribution in [-0.4, -0.2) is 23.9 Å². The molecular formula is C12H15N3O2. The minimum atomic E-state index is 0.599. The Morgan fingerprint density at radius 1 is 1.35 bits per heavy atom. The van der Waals surface area contributed by atoms with Crippen molar-refractivity contribution < 1.29 is 9.47 Å². The van der Waals surface area contributed by atoms with Crippen LogP contribution in [0.1, 0.15) is 6.92 Å². The molecule has 0 aliphatic rings. The maximum absolute atomic E-state index is 5.80. The fourth-order valence-corrected chi connectivity index (χ4v) is 1.62. The van der Waals surface area contributed by atoms with Crippen LogP contribution in [0, 0.1) is 0 Å². The molecule has 2 aromatic rings. The van der Waals surface area contributed by atoms with Crippen molar-refractivity contribution in [1.29, 1.82) is 0 Å². The number of methoxy groups -OCH3 is 1. The number of nitrogens with zero attached hydrogens (tertiary/aromatic N) is 1. The topological polar surface area (TPSA) is 73.2 Å². The van der Waals surface area contributed by atoms with Gasteiger partial charge in [0.15, 0.2) is 11.5 Å². The molecule has 1 heterocycles. The predicted molar refractivity (Wildman–Crippen MR) is 66.2 cm³/mol. The first-order valence-corrected chi connectivity index (χ1v) is 5.36. The van der Waals surface area contributed by atoms with Gasteiger partial charge in [0.1, 0.15) is 0 Å². The fourth-order valence-electron chi connectivity index (χ4n) is 1.62. The zero-order chi connectivity index (χ0) is 12.3. The SMILES string of the molecule is CCOc1ccc(-c2[nH]ncc2N)cc1OC. The van der Waals surface area contributed by atoms with Gasteiger partial charge in [0, 0.05) is 5.56 Å². The van der Waals surface area contributed by atoms with Crippen LogP contribution in [0.4, 0.5) is 5.69 Å². The lowest BCUT2D eigenvalue weighted by Crippen LogP contribution is -1.96. The highest BCUT2D eigenvalue weighted by molar-refractivity contribution is 5.73. The van der Waals surface area contributed by atoms with Crippen LogP contribution >= 0.6 is 0 Å². The third kappa shape index (κ3) is 2.18. The van der Waals surface area contributed by atoms with E-state index < -0.39 is 0 Å². The lowest BCUT2D eigenvalue weighted by molar-refractivity contribution is 0.311. The van der Waals surface area contributed by atoms with E-state index in [0.29, 0.717) is 18.0 Å². The number of ether oxygens (including phenoxy) is 2. The Hall–Kier alpha value is -2.17. The highest BCUT2D eigenvalue weighted by atomic mass is 16.5. The van der Waals surface area contributed by atoms with E-state index in [2.05, 4.69) is 10.2 Å². The molecule has 0 amide bonds. The standard InChI is InChI=1S/C12H15N3O2/c1-3-17-10-5-4-8(6-11(10)16-2)12-9(13)7-14-15-12/h4-7H,3,13H2,1-2H3,(H,14,15). The van der Waals surface area contributed by atoms with Gasteiger partial charge in [-0.25, -0.2) is 0 Å². The average Bonchev–Trinajstić information content (AvgIpc) is 2.76. The zero-order valence-electron chi connectivity index (χ0n) is 9.86. The number of hydrogen-bond acceptors (Lipinski definition) is 4. The molecule has 0 bridgehead atoms. The molecule has 90 valence electrons. The van der Waals surface area contributed by atoms with E-state index >= 15 is 0 Å². The van der Waals surface area contributed by atoms with Gasteiger partial charge in [-0.2, -0.15) is 5.10 Å². The van der Waals surface area contributed by atoms with E-state index in [0.717, 1.165) is 17.0 Å². The second-order valence-corrected chi connectivity index (χ2v) is 3.50. The summed E-state index contributed by atoms with van der Waals surface area (Å²) in [6.07, 6.45) is 1.58. The van der Waals surface area contributed by atoms with Gasteiger partial charge < -0.3 is 15.2 Å². The van der Waals surface area contributed by atoms with Crippen molar-refractivity contribution in [2.24, 2.45) is 0 Å². The maximum atomic E-state index is 5.80. The molecule has 0 aliphatic carbocycles. The van der Waals surface area contributed by atoms with E-state index in [9.17, 15) is 0 Å². The average molecular weight is 233 g/mol. The number of aromatic amines is 1. The van der Waals surface area contributed by atoms with Crippen LogP contribution in [0.25, 0.3) is 11.3 Å². The first-order chi connectivity index (χ1) is 8.26. The summed E-state index contributed by atoms with van der Waals surface area (Å²) < 4.78 is 10.7. The lowest BCUT2D eigenvalue weighted by atomic mass is 10.1. The van der Waals surface area contributed by atoms with Gasteiger partial charge in [0.05, 0.1) is 31.3 Å². The number of nitrogens with two attached hydrogens (primary N) is 1. The highest BCUT2D eigenvalue weighted by Crippen LogP contribution is 2.33. The molecule has 2 rings (SSSR count). The van der Waals surface area contributed by atoms with Gasteiger partial charge in [-0.3, -0.25) is 5.10 Å². The second kappa shape index (κ2) is 4.78. The summed E-state index contributed by atoms with van der Waals surface area (Å²) in [7, 11) is 1.61. The van der Waals surface area contributed by atoms with Gasteiger partial charge in [0.25, 0.3) is 0 Å². The molecule has 1 aromatic heterocycles. The van der Waals surface area contributed by atoms with Gasteiger partial charge in [-0.1, -0.05) is 0 Å². The quantitative estimate of drug-likeness (QED) is 0.847. The van der Waals surface area contributed by atoms with Crippen LogP contribution in [0.15, 0.2) is 24.4 Å². The third-order valence-corrected chi connectivity index (χ3v) is 2.42. The van der Waals surface area contributed by atoms with Crippen molar-refractivity contribution in [1.82, 2.24) is 10.2 Å². The van der Waals surface area contributed by atoms with Crippen molar-refractivity contribution in [3.63, 3.8) is 0 Å². The van der Waals surface area contributed by atoms with E-state index in [4.69, 9.17) is 15.2 Å². The summed E-state index contributed by atoms with van der Waals surface area (Å²) in [6, 6.07) is 5.64. The molecular weight excluding hydrogens is 218 g/mol. The van der Waals surface area contributed by atoms with Crippen molar-refractivity contribution >= 4 is 5.69 Å². The largest absolute Gasteiger partial charge is 0.493 e. The summed E-state index contributed by atoms with van der Waals surface area (Å²) in [5.74, 6) is 1.40. The van der Waals surface area contributed by atoms with Crippen molar-refractivity contribution in [3.05, 3.63) is 24.4 Å². The second-order valence-electron chi connectivity index (χ2n) is 3.50. The zero-order valence-corrected chi connectivity index (χ0v) is 9.86. The summed E-state index contributed by atoms with van der Waals surface area (Å²) in [4.78, 5) is 0. The molecule has 1 aromatic carbocycles. The number of aromatic nitrogens is 2. The van der Waals surface area contributed by atoms with E-state index in [1.165, 1.54) is 0 Å². The molecule has 5 heteroatoms. The molecule has 0 spiro atoms. The minimum absolute atomic E-state index is 0.599. The lowest BCUT2D eigenvalue weighted by Gasteiger charge is -2.10. The Balaban J connectivity index is 2.41. The molecule has 0 radical (unpaired) electrons. The van der Waals surface area contributed by atoms with Gasteiger partial charge in [-0.05, 0) is 25.1 Å². The van der Waals surface area contributed by atoms with E-state index in [1.807, 2.05) is 25.1 Å².